The van der Waals surface area contributed by atoms with Crippen LogP contribution in [0.1, 0.15) is 12.7 Å². The molecule has 2 heterocycles. The molecule has 2 aromatic heterocycles. The molecule has 0 saturated carbocycles. The van der Waals surface area contributed by atoms with E-state index in [4.69, 9.17) is 23.2 Å². The highest BCUT2D eigenvalue weighted by atomic mass is 35.5. The molecule has 0 aliphatic carbocycles. The summed E-state index contributed by atoms with van der Waals surface area (Å²) in [6.07, 6.45) is 1.42. The standard InChI is InChI=1S/C11H11Cl2N5OS/c1-5(20-11-15-6(2)17-18-11)10(19)16-9-8(13)3-7(12)4-14-9/h3-5H,1-2H3,(H,14,16,19)(H,15,17,18). The van der Waals surface area contributed by atoms with Gasteiger partial charge in [-0.3, -0.25) is 9.89 Å². The van der Waals surface area contributed by atoms with Gasteiger partial charge in [-0.2, -0.15) is 0 Å². The van der Waals surface area contributed by atoms with Crippen molar-refractivity contribution in [2.24, 2.45) is 0 Å². The number of carbonyl (C=O) groups is 1. The van der Waals surface area contributed by atoms with Gasteiger partial charge in [0.2, 0.25) is 11.1 Å². The third kappa shape index (κ3) is 3.84. The number of anilines is 1. The van der Waals surface area contributed by atoms with E-state index in [1.165, 1.54) is 24.0 Å². The smallest absolute Gasteiger partial charge is 0.238 e. The number of aromatic nitrogens is 4. The minimum Gasteiger partial charge on any atom is -0.308 e. The van der Waals surface area contributed by atoms with Gasteiger partial charge in [-0.25, -0.2) is 9.97 Å². The van der Waals surface area contributed by atoms with E-state index in [0.29, 0.717) is 16.0 Å². The predicted molar refractivity (Wildman–Crippen MR) is 79.3 cm³/mol. The molecule has 0 aliphatic heterocycles. The Morgan fingerprint density at radius 2 is 2.25 bits per heavy atom. The molecule has 0 radical (unpaired) electrons. The van der Waals surface area contributed by atoms with Gasteiger partial charge in [0.05, 0.1) is 15.3 Å². The Morgan fingerprint density at radius 1 is 1.50 bits per heavy atom. The number of nitrogens with zero attached hydrogens (tertiary/aromatic N) is 3. The molecule has 0 fully saturated rings. The van der Waals surface area contributed by atoms with Gasteiger partial charge in [0.1, 0.15) is 5.82 Å². The van der Waals surface area contributed by atoms with Crippen molar-refractivity contribution in [2.45, 2.75) is 24.3 Å². The van der Waals surface area contributed by atoms with Crippen LogP contribution in [-0.4, -0.2) is 31.3 Å². The molecule has 1 amide bonds. The van der Waals surface area contributed by atoms with Gasteiger partial charge in [0.15, 0.2) is 5.82 Å². The number of rotatable bonds is 4. The topological polar surface area (TPSA) is 83.6 Å². The lowest BCUT2D eigenvalue weighted by molar-refractivity contribution is -0.115. The van der Waals surface area contributed by atoms with Crippen molar-refractivity contribution in [1.29, 1.82) is 0 Å². The first-order chi connectivity index (χ1) is 9.45. The Kier molecular flexibility index (Phi) is 4.85. The molecule has 0 spiro atoms. The van der Waals surface area contributed by atoms with Crippen LogP contribution in [0.3, 0.4) is 0 Å². The molecular formula is C11H11Cl2N5OS. The number of aromatic amines is 1. The van der Waals surface area contributed by atoms with Crippen LogP contribution >= 0.6 is 35.0 Å². The number of thioether (sulfide) groups is 1. The quantitative estimate of drug-likeness (QED) is 0.841. The molecule has 6 nitrogen and oxygen atoms in total. The molecule has 1 atom stereocenters. The van der Waals surface area contributed by atoms with Crippen molar-refractivity contribution in [3.05, 3.63) is 28.1 Å². The van der Waals surface area contributed by atoms with Gasteiger partial charge in [-0.05, 0) is 19.9 Å². The monoisotopic (exact) mass is 331 g/mol. The number of H-pyrrole nitrogens is 1. The predicted octanol–water partition coefficient (Wildman–Crippen LogP) is 2.93. The van der Waals surface area contributed by atoms with Crippen molar-refractivity contribution in [3.8, 4) is 0 Å². The first kappa shape index (κ1) is 15.1. The molecular weight excluding hydrogens is 321 g/mol. The minimum atomic E-state index is -0.390. The summed E-state index contributed by atoms with van der Waals surface area (Å²) in [5.41, 5.74) is 0. The van der Waals surface area contributed by atoms with Crippen LogP contribution in [0.4, 0.5) is 5.82 Å². The Morgan fingerprint density at radius 3 is 2.85 bits per heavy atom. The van der Waals surface area contributed by atoms with Crippen molar-refractivity contribution in [3.63, 3.8) is 0 Å². The summed E-state index contributed by atoms with van der Waals surface area (Å²) < 4.78 is 0. The number of pyridine rings is 1. The van der Waals surface area contributed by atoms with Crippen LogP contribution in [0.25, 0.3) is 0 Å². The second kappa shape index (κ2) is 6.43. The second-order valence-corrected chi connectivity index (χ2v) is 6.09. The van der Waals surface area contributed by atoms with Gasteiger partial charge in [0.25, 0.3) is 0 Å². The van der Waals surface area contributed by atoms with Crippen molar-refractivity contribution >= 4 is 46.7 Å². The normalized spacial score (nSPS) is 12.2. The van der Waals surface area contributed by atoms with Gasteiger partial charge >= 0.3 is 0 Å². The van der Waals surface area contributed by atoms with E-state index < -0.39 is 5.25 Å². The first-order valence-electron chi connectivity index (χ1n) is 5.63. The molecule has 20 heavy (non-hydrogen) atoms. The van der Waals surface area contributed by atoms with E-state index in [9.17, 15) is 4.79 Å². The number of hydrogen-bond acceptors (Lipinski definition) is 5. The van der Waals surface area contributed by atoms with E-state index in [2.05, 4.69) is 25.5 Å². The summed E-state index contributed by atoms with van der Waals surface area (Å²) in [7, 11) is 0. The van der Waals surface area contributed by atoms with Crippen LogP contribution in [0.5, 0.6) is 0 Å². The molecule has 1 unspecified atom stereocenters. The lowest BCUT2D eigenvalue weighted by Crippen LogP contribution is -2.23. The molecule has 0 aromatic carbocycles. The number of carbonyl (C=O) groups excluding carboxylic acids is 1. The highest BCUT2D eigenvalue weighted by molar-refractivity contribution is 8.00. The van der Waals surface area contributed by atoms with E-state index in [1.807, 2.05) is 0 Å². The number of amides is 1. The Balaban J connectivity index is 2.00. The highest BCUT2D eigenvalue weighted by Gasteiger charge is 2.18. The highest BCUT2D eigenvalue weighted by Crippen LogP contribution is 2.24. The molecule has 9 heteroatoms. The first-order valence-corrected chi connectivity index (χ1v) is 7.27. The van der Waals surface area contributed by atoms with E-state index in [-0.39, 0.29) is 16.7 Å². The fraction of sp³-hybridized carbons (Fsp3) is 0.273. The lowest BCUT2D eigenvalue weighted by atomic mass is 10.4. The number of aryl methyl sites for hydroxylation is 1. The molecule has 2 aromatic rings. The SMILES string of the molecule is Cc1nc(SC(C)C(=O)Nc2ncc(Cl)cc2Cl)n[nH]1. The van der Waals surface area contributed by atoms with Crippen LogP contribution in [-0.2, 0) is 4.79 Å². The van der Waals surface area contributed by atoms with Gasteiger partial charge in [0, 0.05) is 6.20 Å². The van der Waals surface area contributed by atoms with Crippen molar-refractivity contribution in [2.75, 3.05) is 5.32 Å². The molecule has 0 saturated heterocycles. The number of halogens is 2. The second-order valence-electron chi connectivity index (χ2n) is 3.94. The van der Waals surface area contributed by atoms with Crippen LogP contribution in [0.2, 0.25) is 10.0 Å². The number of nitrogens with one attached hydrogen (secondary N) is 2. The lowest BCUT2D eigenvalue weighted by Gasteiger charge is -2.10. The zero-order valence-electron chi connectivity index (χ0n) is 10.6. The van der Waals surface area contributed by atoms with Crippen LogP contribution in [0.15, 0.2) is 17.4 Å². The maximum atomic E-state index is 12.0. The third-order valence-corrected chi connectivity index (χ3v) is 3.73. The molecule has 0 bridgehead atoms. The summed E-state index contributed by atoms with van der Waals surface area (Å²) in [6.45, 7) is 3.54. The van der Waals surface area contributed by atoms with Crippen LogP contribution in [0, 0.1) is 6.92 Å². The summed E-state index contributed by atoms with van der Waals surface area (Å²) in [5, 5.41) is 10.1. The largest absolute Gasteiger partial charge is 0.308 e. The maximum Gasteiger partial charge on any atom is 0.238 e. The van der Waals surface area contributed by atoms with E-state index in [0.717, 1.165) is 0 Å². The summed E-state index contributed by atoms with van der Waals surface area (Å²) >= 11 is 12.9. The summed E-state index contributed by atoms with van der Waals surface area (Å²) in [6, 6.07) is 1.52. The summed E-state index contributed by atoms with van der Waals surface area (Å²) in [4.78, 5) is 20.1. The fourth-order valence-corrected chi connectivity index (χ4v) is 2.51. The molecule has 0 aliphatic rings. The third-order valence-electron chi connectivity index (χ3n) is 2.28. The number of hydrogen-bond donors (Lipinski definition) is 2. The average Bonchev–Trinajstić information content (AvgIpc) is 2.78. The Bertz CT molecular complexity index is 633. The molecule has 2 rings (SSSR count). The Labute approximate surface area is 129 Å². The molecule has 106 valence electrons. The zero-order valence-corrected chi connectivity index (χ0v) is 13.0. The van der Waals surface area contributed by atoms with Gasteiger partial charge < -0.3 is 5.32 Å². The van der Waals surface area contributed by atoms with E-state index >= 15 is 0 Å². The Hall–Kier alpha value is -1.31. The average molecular weight is 332 g/mol. The minimum absolute atomic E-state index is 0.242. The van der Waals surface area contributed by atoms with Crippen LogP contribution < -0.4 is 5.32 Å². The zero-order chi connectivity index (χ0) is 14.7. The maximum absolute atomic E-state index is 12.0. The van der Waals surface area contributed by atoms with Gasteiger partial charge in [-0.15, -0.1) is 5.10 Å². The van der Waals surface area contributed by atoms with Crippen molar-refractivity contribution in [1.82, 2.24) is 20.2 Å². The van der Waals surface area contributed by atoms with Gasteiger partial charge in [-0.1, -0.05) is 35.0 Å². The molecule has 2 N–H and O–H groups in total. The fourth-order valence-electron chi connectivity index (χ4n) is 1.31. The van der Waals surface area contributed by atoms with Crippen molar-refractivity contribution < 1.29 is 4.79 Å². The summed E-state index contributed by atoms with van der Waals surface area (Å²) in [5.74, 6) is 0.733. The van der Waals surface area contributed by atoms with E-state index in [1.54, 1.807) is 13.8 Å².